The first-order valence-electron chi connectivity index (χ1n) is 8.45. The predicted molar refractivity (Wildman–Crippen MR) is 106 cm³/mol. The number of rotatable bonds is 5. The Hall–Kier alpha value is -1.18. The van der Waals surface area contributed by atoms with Crippen molar-refractivity contribution in [1.82, 2.24) is 9.88 Å². The maximum Gasteiger partial charge on any atom is 0.240 e. The van der Waals surface area contributed by atoms with Crippen LogP contribution in [0.15, 0.2) is 24.4 Å². The first kappa shape index (κ1) is 19.6. The van der Waals surface area contributed by atoms with Gasteiger partial charge in [-0.25, -0.2) is 4.98 Å². The third-order valence-electron chi connectivity index (χ3n) is 4.03. The minimum absolute atomic E-state index is 0.0620. The number of hydrogen-bond acceptors (Lipinski definition) is 5. The number of halogens is 2. The van der Waals surface area contributed by atoms with Crippen LogP contribution in [0.4, 0.5) is 5.13 Å². The number of amides is 1. The predicted octanol–water partition coefficient (Wildman–Crippen LogP) is 4.09. The summed E-state index contributed by atoms with van der Waals surface area (Å²) in [5.74, 6) is -0.0620. The van der Waals surface area contributed by atoms with Gasteiger partial charge in [0.25, 0.3) is 0 Å². The molecule has 5 nitrogen and oxygen atoms in total. The Morgan fingerprint density at radius 3 is 2.81 bits per heavy atom. The summed E-state index contributed by atoms with van der Waals surface area (Å²) in [5.41, 5.74) is 0.942. The summed E-state index contributed by atoms with van der Waals surface area (Å²) < 4.78 is 5.69. The summed E-state index contributed by atoms with van der Waals surface area (Å²) >= 11 is 13.7. The number of carbonyl (C=O) groups excluding carboxylic acids is 1. The van der Waals surface area contributed by atoms with E-state index in [1.165, 1.54) is 11.3 Å². The fourth-order valence-electron chi connectivity index (χ4n) is 3.09. The Balaban J connectivity index is 1.56. The van der Waals surface area contributed by atoms with Gasteiger partial charge in [0.1, 0.15) is 0 Å². The SMILES string of the molecule is CC1CN(CC(=O)Nc2ncc(Cc3cc(Cl)ccc3Cl)s2)CC(C)O1. The van der Waals surface area contributed by atoms with Gasteiger partial charge in [-0.3, -0.25) is 9.69 Å². The van der Waals surface area contributed by atoms with Crippen molar-refractivity contribution in [3.05, 3.63) is 44.9 Å². The van der Waals surface area contributed by atoms with Gasteiger partial charge in [-0.15, -0.1) is 11.3 Å². The molecule has 1 aliphatic heterocycles. The molecule has 1 amide bonds. The molecule has 2 atom stereocenters. The average molecular weight is 414 g/mol. The van der Waals surface area contributed by atoms with Gasteiger partial charge in [0.2, 0.25) is 5.91 Å². The first-order valence-corrected chi connectivity index (χ1v) is 10.0. The lowest BCUT2D eigenvalue weighted by atomic mass is 10.1. The van der Waals surface area contributed by atoms with Gasteiger partial charge in [-0.05, 0) is 37.6 Å². The highest BCUT2D eigenvalue weighted by atomic mass is 35.5. The Kier molecular flexibility index (Phi) is 6.53. The number of anilines is 1. The lowest BCUT2D eigenvalue weighted by Gasteiger charge is -2.34. The molecule has 0 aliphatic carbocycles. The number of nitrogens with zero attached hydrogens (tertiary/aromatic N) is 2. The molecule has 0 bridgehead atoms. The average Bonchev–Trinajstić information content (AvgIpc) is 2.96. The third kappa shape index (κ3) is 5.41. The van der Waals surface area contributed by atoms with Crippen molar-refractivity contribution >= 4 is 45.6 Å². The van der Waals surface area contributed by atoms with Crippen LogP contribution in [0.3, 0.4) is 0 Å². The number of morpholine rings is 1. The number of hydrogen-bond donors (Lipinski definition) is 1. The van der Waals surface area contributed by atoms with Crippen LogP contribution < -0.4 is 5.32 Å². The number of ether oxygens (including phenoxy) is 1. The third-order valence-corrected chi connectivity index (χ3v) is 5.55. The maximum atomic E-state index is 12.3. The fourth-order valence-corrected chi connectivity index (χ4v) is 4.32. The van der Waals surface area contributed by atoms with E-state index < -0.39 is 0 Å². The van der Waals surface area contributed by atoms with Gasteiger partial charge in [0, 0.05) is 40.6 Å². The summed E-state index contributed by atoms with van der Waals surface area (Å²) in [6.07, 6.45) is 2.67. The molecule has 0 radical (unpaired) electrons. The zero-order valence-corrected chi connectivity index (χ0v) is 17.0. The van der Waals surface area contributed by atoms with Gasteiger partial charge in [-0.2, -0.15) is 0 Å². The highest BCUT2D eigenvalue weighted by molar-refractivity contribution is 7.15. The summed E-state index contributed by atoms with van der Waals surface area (Å²) in [4.78, 5) is 19.7. The second kappa shape index (κ2) is 8.67. The van der Waals surface area contributed by atoms with E-state index in [9.17, 15) is 4.79 Å². The number of nitrogens with one attached hydrogen (secondary N) is 1. The molecule has 2 unspecified atom stereocenters. The van der Waals surface area contributed by atoms with Crippen molar-refractivity contribution < 1.29 is 9.53 Å². The monoisotopic (exact) mass is 413 g/mol. The minimum atomic E-state index is -0.0620. The topological polar surface area (TPSA) is 54.5 Å². The van der Waals surface area contributed by atoms with Crippen molar-refractivity contribution in [3.63, 3.8) is 0 Å². The summed E-state index contributed by atoms with van der Waals surface area (Å²) in [6.45, 7) is 5.90. The minimum Gasteiger partial charge on any atom is -0.373 e. The van der Waals surface area contributed by atoms with Crippen LogP contribution in [0, 0.1) is 0 Å². The van der Waals surface area contributed by atoms with Crippen LogP contribution in [0.5, 0.6) is 0 Å². The van der Waals surface area contributed by atoms with E-state index >= 15 is 0 Å². The molecule has 140 valence electrons. The Bertz CT molecular complexity index is 774. The second-order valence-electron chi connectivity index (χ2n) is 6.54. The Morgan fingerprint density at radius 1 is 1.35 bits per heavy atom. The van der Waals surface area contributed by atoms with E-state index in [2.05, 4.69) is 15.2 Å². The van der Waals surface area contributed by atoms with Gasteiger partial charge in [0.05, 0.1) is 18.8 Å². The normalized spacial score (nSPS) is 20.9. The molecule has 1 fully saturated rings. The van der Waals surface area contributed by atoms with Gasteiger partial charge in [-0.1, -0.05) is 23.2 Å². The second-order valence-corrected chi connectivity index (χ2v) is 8.50. The molecule has 1 aromatic carbocycles. The highest BCUT2D eigenvalue weighted by Crippen LogP contribution is 2.27. The van der Waals surface area contributed by atoms with E-state index in [4.69, 9.17) is 27.9 Å². The molecule has 2 heterocycles. The van der Waals surface area contributed by atoms with Crippen molar-refractivity contribution in [2.24, 2.45) is 0 Å². The van der Waals surface area contributed by atoms with Crippen molar-refractivity contribution in [1.29, 1.82) is 0 Å². The smallest absolute Gasteiger partial charge is 0.240 e. The van der Waals surface area contributed by atoms with Crippen LogP contribution in [0.2, 0.25) is 10.0 Å². The molecule has 8 heteroatoms. The molecule has 0 spiro atoms. The molecular weight excluding hydrogens is 393 g/mol. The summed E-state index contributed by atoms with van der Waals surface area (Å²) in [5, 5.41) is 4.79. The number of carbonyl (C=O) groups is 1. The molecule has 2 aromatic rings. The highest BCUT2D eigenvalue weighted by Gasteiger charge is 2.23. The van der Waals surface area contributed by atoms with E-state index in [-0.39, 0.29) is 18.1 Å². The Labute approximate surface area is 167 Å². The molecule has 1 aromatic heterocycles. The zero-order valence-electron chi connectivity index (χ0n) is 14.7. The molecule has 1 saturated heterocycles. The van der Waals surface area contributed by atoms with Crippen LogP contribution in [-0.4, -0.2) is 47.6 Å². The number of aromatic nitrogens is 1. The van der Waals surface area contributed by atoms with Crippen molar-refractivity contribution in [3.8, 4) is 0 Å². The van der Waals surface area contributed by atoms with Gasteiger partial charge in [0.15, 0.2) is 5.13 Å². The summed E-state index contributed by atoms with van der Waals surface area (Å²) in [6, 6.07) is 5.40. The molecule has 1 aliphatic rings. The van der Waals surface area contributed by atoms with Crippen LogP contribution >= 0.6 is 34.5 Å². The quantitative estimate of drug-likeness (QED) is 0.801. The Morgan fingerprint density at radius 2 is 2.08 bits per heavy atom. The van der Waals surface area contributed by atoms with Crippen molar-refractivity contribution in [2.45, 2.75) is 32.5 Å². The van der Waals surface area contributed by atoms with E-state index in [1.54, 1.807) is 18.3 Å². The lowest BCUT2D eigenvalue weighted by molar-refractivity contribution is -0.121. The van der Waals surface area contributed by atoms with Gasteiger partial charge >= 0.3 is 0 Å². The van der Waals surface area contributed by atoms with Crippen LogP contribution in [-0.2, 0) is 16.0 Å². The summed E-state index contributed by atoms with van der Waals surface area (Å²) in [7, 11) is 0. The maximum absolute atomic E-state index is 12.3. The van der Waals surface area contributed by atoms with E-state index in [0.717, 1.165) is 23.5 Å². The number of benzene rings is 1. The first-order chi connectivity index (χ1) is 12.4. The van der Waals surface area contributed by atoms with Crippen molar-refractivity contribution in [2.75, 3.05) is 25.0 Å². The molecule has 0 saturated carbocycles. The van der Waals surface area contributed by atoms with Crippen LogP contribution in [0.1, 0.15) is 24.3 Å². The standard InChI is InChI=1S/C18H21Cl2N3O2S/c1-11-8-23(9-12(2)25-11)10-17(24)22-18-21-7-15(26-18)6-13-5-14(19)3-4-16(13)20/h3-5,7,11-12H,6,8-10H2,1-2H3,(H,21,22,24). The van der Waals surface area contributed by atoms with Crippen LogP contribution in [0.25, 0.3) is 0 Å². The molecule has 3 rings (SSSR count). The van der Waals surface area contributed by atoms with Gasteiger partial charge < -0.3 is 10.1 Å². The fraction of sp³-hybridized carbons (Fsp3) is 0.444. The molecule has 1 N–H and O–H groups in total. The lowest BCUT2D eigenvalue weighted by Crippen LogP contribution is -2.48. The molecular formula is C18H21Cl2N3O2S. The zero-order chi connectivity index (χ0) is 18.7. The van der Waals surface area contributed by atoms with E-state index in [0.29, 0.717) is 28.1 Å². The number of thiazole rings is 1. The molecule has 26 heavy (non-hydrogen) atoms. The van der Waals surface area contributed by atoms with E-state index in [1.807, 2.05) is 19.9 Å². The largest absolute Gasteiger partial charge is 0.373 e.